The van der Waals surface area contributed by atoms with Crippen molar-refractivity contribution in [2.24, 2.45) is 17.6 Å². The zero-order chi connectivity index (χ0) is 21.3. The fourth-order valence-electron chi connectivity index (χ4n) is 5.54. The first-order valence-corrected chi connectivity index (χ1v) is 9.68. The van der Waals surface area contributed by atoms with E-state index in [0.29, 0.717) is 18.4 Å². The molecule has 0 aliphatic heterocycles. The number of carbonyl (C=O) groups excluding carboxylic acids is 1. The lowest BCUT2D eigenvalue weighted by atomic mass is 9.50. The lowest BCUT2D eigenvalue weighted by Crippen LogP contribution is -2.68. The van der Waals surface area contributed by atoms with Gasteiger partial charge in [-0.05, 0) is 55.9 Å². The molecular formula is C20H26F3N3O3. The Kier molecular flexibility index (Phi) is 5.80. The van der Waals surface area contributed by atoms with E-state index in [1.54, 1.807) is 0 Å². The van der Waals surface area contributed by atoms with Gasteiger partial charge in [0.15, 0.2) is 0 Å². The minimum Gasteiger partial charge on any atom is -0.475 e. The van der Waals surface area contributed by atoms with E-state index in [2.05, 4.69) is 10.6 Å². The molecule has 4 fully saturated rings. The predicted octanol–water partition coefficient (Wildman–Crippen LogP) is 3.17. The molecule has 29 heavy (non-hydrogen) atoms. The zero-order valence-electron chi connectivity index (χ0n) is 16.0. The molecule has 4 saturated carbocycles. The lowest BCUT2D eigenvalue weighted by Gasteiger charge is -2.60. The molecule has 2 atom stereocenters. The molecule has 5 N–H and O–H groups in total. The second-order valence-electron chi connectivity index (χ2n) is 8.70. The Morgan fingerprint density at radius 3 is 2.14 bits per heavy atom. The number of alkyl halides is 3. The Bertz CT molecular complexity index is 740. The lowest BCUT2D eigenvalue weighted by molar-refractivity contribution is -0.192. The van der Waals surface area contributed by atoms with Crippen LogP contribution in [0, 0.1) is 11.8 Å². The van der Waals surface area contributed by atoms with Crippen LogP contribution in [0.3, 0.4) is 0 Å². The van der Waals surface area contributed by atoms with Crippen LogP contribution in [0.1, 0.15) is 44.1 Å². The Hall–Kier alpha value is -2.29. The first-order valence-electron chi connectivity index (χ1n) is 9.68. The van der Waals surface area contributed by atoms with Crippen molar-refractivity contribution in [3.63, 3.8) is 0 Å². The van der Waals surface area contributed by atoms with Gasteiger partial charge >= 0.3 is 18.2 Å². The molecule has 2 unspecified atom stereocenters. The van der Waals surface area contributed by atoms with Crippen LogP contribution in [0.2, 0.25) is 0 Å². The first kappa shape index (κ1) is 21.4. The monoisotopic (exact) mass is 413 g/mol. The maximum Gasteiger partial charge on any atom is 0.490 e. The summed E-state index contributed by atoms with van der Waals surface area (Å²) in [7, 11) is 0. The molecule has 6 nitrogen and oxygen atoms in total. The molecule has 4 aliphatic carbocycles. The van der Waals surface area contributed by atoms with E-state index in [1.165, 1.54) is 6.42 Å². The summed E-state index contributed by atoms with van der Waals surface area (Å²) in [5.74, 6) is -1.34. The van der Waals surface area contributed by atoms with Crippen LogP contribution in [0.5, 0.6) is 0 Å². The van der Waals surface area contributed by atoms with Gasteiger partial charge in [0.25, 0.3) is 0 Å². The van der Waals surface area contributed by atoms with Crippen molar-refractivity contribution in [1.82, 2.24) is 10.6 Å². The number of nitrogens with two attached hydrogens (primary N) is 1. The zero-order valence-corrected chi connectivity index (χ0v) is 16.0. The van der Waals surface area contributed by atoms with E-state index in [0.717, 1.165) is 37.7 Å². The van der Waals surface area contributed by atoms with Crippen molar-refractivity contribution in [2.45, 2.75) is 62.3 Å². The number of hydrogen-bond donors (Lipinski definition) is 4. The van der Waals surface area contributed by atoms with Gasteiger partial charge in [-0.15, -0.1) is 0 Å². The highest BCUT2D eigenvalue weighted by Crippen LogP contribution is 2.56. The maximum atomic E-state index is 12.3. The summed E-state index contributed by atoms with van der Waals surface area (Å²) >= 11 is 0. The summed E-state index contributed by atoms with van der Waals surface area (Å²) in [6.07, 6.45) is 1.71. The number of carboxylic acid groups (broad SMARTS) is 1. The third-order valence-electron chi connectivity index (χ3n) is 6.02. The fourth-order valence-corrected chi connectivity index (χ4v) is 5.54. The number of nitrogens with one attached hydrogen (secondary N) is 2. The van der Waals surface area contributed by atoms with Crippen LogP contribution in [0.25, 0.3) is 0 Å². The number of hydrogen-bond acceptors (Lipinski definition) is 3. The van der Waals surface area contributed by atoms with Crippen LogP contribution in [0.15, 0.2) is 30.3 Å². The first-order chi connectivity index (χ1) is 13.5. The van der Waals surface area contributed by atoms with E-state index in [1.807, 2.05) is 30.3 Å². The molecule has 0 spiro atoms. The van der Waals surface area contributed by atoms with Gasteiger partial charge in [-0.25, -0.2) is 9.59 Å². The van der Waals surface area contributed by atoms with Crippen LogP contribution in [-0.4, -0.2) is 34.4 Å². The van der Waals surface area contributed by atoms with Crippen LogP contribution in [0.4, 0.5) is 18.0 Å². The van der Waals surface area contributed by atoms with Gasteiger partial charge in [-0.3, -0.25) is 0 Å². The van der Waals surface area contributed by atoms with E-state index in [-0.39, 0.29) is 17.1 Å². The van der Waals surface area contributed by atoms with Crippen molar-refractivity contribution in [2.75, 3.05) is 0 Å². The highest BCUT2D eigenvalue weighted by atomic mass is 19.4. The molecule has 160 valence electrons. The molecule has 9 heteroatoms. The second kappa shape index (κ2) is 7.85. The average Bonchev–Trinajstić information content (AvgIpc) is 2.58. The SMILES string of the molecule is NC12CC3CC(C1)CC(NC(=O)NCc1ccccc1)(C3)C2.O=C(O)C(F)(F)F. The summed E-state index contributed by atoms with van der Waals surface area (Å²) in [5.41, 5.74) is 7.61. The van der Waals surface area contributed by atoms with Gasteiger partial charge < -0.3 is 21.5 Å². The summed E-state index contributed by atoms with van der Waals surface area (Å²) in [6, 6.07) is 9.98. The molecule has 2 amide bonds. The summed E-state index contributed by atoms with van der Waals surface area (Å²) in [6.45, 7) is 0.573. The average molecular weight is 413 g/mol. The number of urea groups is 1. The Morgan fingerprint density at radius 1 is 1.10 bits per heavy atom. The third kappa shape index (κ3) is 5.41. The van der Waals surface area contributed by atoms with Crippen LogP contribution >= 0.6 is 0 Å². The van der Waals surface area contributed by atoms with E-state index in [4.69, 9.17) is 15.6 Å². The molecule has 0 heterocycles. The molecule has 0 saturated heterocycles. The number of carbonyl (C=O) groups is 2. The maximum absolute atomic E-state index is 12.3. The fraction of sp³-hybridized carbons (Fsp3) is 0.600. The molecule has 4 aliphatic rings. The van der Waals surface area contributed by atoms with Gasteiger partial charge in [0.2, 0.25) is 0 Å². The van der Waals surface area contributed by atoms with Crippen molar-refractivity contribution < 1.29 is 27.9 Å². The normalized spacial score (nSPS) is 32.1. The molecule has 1 aromatic carbocycles. The number of carboxylic acids is 1. The van der Waals surface area contributed by atoms with Gasteiger partial charge in [-0.2, -0.15) is 13.2 Å². The van der Waals surface area contributed by atoms with Gasteiger partial charge in [0.1, 0.15) is 0 Å². The van der Waals surface area contributed by atoms with E-state index in [9.17, 15) is 18.0 Å². The summed E-state index contributed by atoms with van der Waals surface area (Å²) in [5, 5.41) is 13.4. The van der Waals surface area contributed by atoms with Gasteiger partial charge in [0, 0.05) is 17.6 Å². The molecule has 1 aromatic rings. The molecule has 5 rings (SSSR count). The standard InChI is InChI=1S/C18H25N3O.C2HF3O2/c19-17-7-14-6-15(8-17)10-18(9-14,12-17)21-16(22)20-11-13-4-2-1-3-5-13;3-2(4,5)1(6)7/h1-5,14-15H,6-12,19H2,(H2,20,21,22);(H,6,7). The summed E-state index contributed by atoms with van der Waals surface area (Å²) < 4.78 is 31.7. The van der Waals surface area contributed by atoms with Crippen LogP contribution in [-0.2, 0) is 11.3 Å². The Morgan fingerprint density at radius 2 is 1.66 bits per heavy atom. The van der Waals surface area contributed by atoms with E-state index < -0.39 is 12.1 Å². The highest BCUT2D eigenvalue weighted by molar-refractivity contribution is 5.75. The molecule has 0 radical (unpaired) electrons. The largest absolute Gasteiger partial charge is 0.490 e. The topological polar surface area (TPSA) is 104 Å². The van der Waals surface area contributed by atoms with Crippen molar-refractivity contribution in [3.8, 4) is 0 Å². The van der Waals surface area contributed by atoms with Crippen molar-refractivity contribution in [1.29, 1.82) is 0 Å². The van der Waals surface area contributed by atoms with Crippen molar-refractivity contribution >= 4 is 12.0 Å². The molecular weight excluding hydrogens is 387 g/mol. The van der Waals surface area contributed by atoms with Crippen LogP contribution < -0.4 is 16.4 Å². The predicted molar refractivity (Wildman–Crippen MR) is 99.8 cm³/mol. The van der Waals surface area contributed by atoms with E-state index >= 15 is 0 Å². The number of aliphatic carboxylic acids is 1. The molecule has 0 aromatic heterocycles. The summed E-state index contributed by atoms with van der Waals surface area (Å²) in [4.78, 5) is 21.2. The molecule has 4 bridgehead atoms. The highest BCUT2D eigenvalue weighted by Gasteiger charge is 2.56. The minimum absolute atomic E-state index is 0.0310. The minimum atomic E-state index is -5.08. The van der Waals surface area contributed by atoms with Gasteiger partial charge in [0.05, 0.1) is 0 Å². The number of halogens is 3. The van der Waals surface area contributed by atoms with Gasteiger partial charge in [-0.1, -0.05) is 30.3 Å². The number of rotatable bonds is 3. The number of benzene rings is 1. The Labute approximate surface area is 167 Å². The quantitative estimate of drug-likeness (QED) is 0.611. The van der Waals surface area contributed by atoms with Crippen molar-refractivity contribution in [3.05, 3.63) is 35.9 Å². The second-order valence-corrected chi connectivity index (χ2v) is 8.70. The Balaban J connectivity index is 0.000000298. The third-order valence-corrected chi connectivity index (χ3v) is 6.02. The number of amides is 2. The smallest absolute Gasteiger partial charge is 0.475 e.